The molecule has 3 nitrogen and oxygen atoms in total. The van der Waals surface area contributed by atoms with Gasteiger partial charge in [-0.15, -0.1) is 0 Å². The Balaban J connectivity index is 3.88. The highest BCUT2D eigenvalue weighted by Gasteiger charge is 2.05. The van der Waals surface area contributed by atoms with Gasteiger partial charge in [0.2, 0.25) is 0 Å². The van der Waals surface area contributed by atoms with Crippen molar-refractivity contribution in [3.8, 4) is 0 Å². The van der Waals surface area contributed by atoms with E-state index in [1.54, 1.807) is 0 Å². The molecular weight excluding hydrogens is 260 g/mol. The van der Waals surface area contributed by atoms with Gasteiger partial charge in [-0.2, -0.15) is 8.42 Å². The van der Waals surface area contributed by atoms with Gasteiger partial charge in [0.25, 0.3) is 10.1 Å². The van der Waals surface area contributed by atoms with Gasteiger partial charge in [-0.1, -0.05) is 35.5 Å². The number of hydrogen-bond donors (Lipinski definition) is 1. The van der Waals surface area contributed by atoms with Crippen LogP contribution < -0.4 is 0 Å². The van der Waals surface area contributed by atoms with Gasteiger partial charge in [0.1, 0.15) is 0 Å². The molecule has 0 atom stereocenters. The topological polar surface area (TPSA) is 54.4 Å². The molecule has 0 amide bonds. The van der Waals surface area contributed by atoms with Gasteiger partial charge in [-0.25, -0.2) is 0 Å². The second-order valence-corrected chi connectivity index (χ2v) is 6.77. The van der Waals surface area contributed by atoms with E-state index in [2.05, 4.69) is 39.5 Å². The molecule has 0 radical (unpaired) electrons. The van der Waals surface area contributed by atoms with Crippen LogP contribution in [0.25, 0.3) is 0 Å². The molecule has 0 bridgehead atoms. The van der Waals surface area contributed by atoms with E-state index >= 15 is 0 Å². The van der Waals surface area contributed by atoms with E-state index in [1.807, 2.05) is 0 Å². The minimum atomic E-state index is -3.86. The monoisotopic (exact) mass is 286 g/mol. The fourth-order valence-electron chi connectivity index (χ4n) is 1.61. The first kappa shape index (κ1) is 18.1. The maximum absolute atomic E-state index is 10.6. The predicted molar refractivity (Wildman–Crippen MR) is 81.8 cm³/mol. The third kappa shape index (κ3) is 13.4. The van der Waals surface area contributed by atoms with Crippen LogP contribution in [0.15, 0.2) is 35.5 Å². The molecule has 0 saturated carbocycles. The Morgan fingerprint density at radius 1 is 1.05 bits per heavy atom. The molecule has 0 heterocycles. The lowest BCUT2D eigenvalue weighted by Crippen LogP contribution is -2.04. The summed E-state index contributed by atoms with van der Waals surface area (Å²) >= 11 is 0. The van der Waals surface area contributed by atoms with Crippen molar-refractivity contribution >= 4 is 10.1 Å². The zero-order valence-electron chi connectivity index (χ0n) is 12.3. The Kier molecular flexibility index (Phi) is 8.68. The SMILES string of the molecule is C=C(CC/C=C(\C)CCC=C(C)C)CCS(=O)(=O)O. The van der Waals surface area contributed by atoms with Crippen LogP contribution in [-0.4, -0.2) is 18.7 Å². The molecule has 0 aromatic heterocycles. The first-order valence-electron chi connectivity index (χ1n) is 6.61. The molecule has 4 heteroatoms. The minimum Gasteiger partial charge on any atom is -0.286 e. The van der Waals surface area contributed by atoms with Crippen LogP contribution in [-0.2, 0) is 10.1 Å². The van der Waals surface area contributed by atoms with Crippen molar-refractivity contribution in [1.82, 2.24) is 0 Å². The van der Waals surface area contributed by atoms with Gasteiger partial charge >= 0.3 is 0 Å². The normalized spacial score (nSPS) is 12.3. The molecule has 0 unspecified atom stereocenters. The summed E-state index contributed by atoms with van der Waals surface area (Å²) in [6.45, 7) is 10.1. The molecule has 0 aliphatic carbocycles. The molecule has 0 aromatic carbocycles. The van der Waals surface area contributed by atoms with Gasteiger partial charge in [0.05, 0.1) is 5.75 Å². The molecular formula is C15H26O3S. The van der Waals surface area contributed by atoms with Gasteiger partial charge in [-0.3, -0.25) is 4.55 Å². The lowest BCUT2D eigenvalue weighted by atomic mass is 10.1. The second kappa shape index (κ2) is 9.10. The maximum Gasteiger partial charge on any atom is 0.265 e. The van der Waals surface area contributed by atoms with Crippen LogP contribution in [0.5, 0.6) is 0 Å². The van der Waals surface area contributed by atoms with Crippen LogP contribution >= 0.6 is 0 Å². The lowest BCUT2D eigenvalue weighted by molar-refractivity contribution is 0.482. The lowest BCUT2D eigenvalue weighted by Gasteiger charge is -2.03. The average Bonchev–Trinajstić information content (AvgIpc) is 2.25. The second-order valence-electron chi connectivity index (χ2n) is 5.20. The number of hydrogen-bond acceptors (Lipinski definition) is 2. The van der Waals surface area contributed by atoms with Gasteiger partial charge < -0.3 is 0 Å². The van der Waals surface area contributed by atoms with E-state index in [0.717, 1.165) is 31.3 Å². The maximum atomic E-state index is 10.6. The van der Waals surface area contributed by atoms with Gasteiger partial charge in [-0.05, 0) is 52.9 Å². The first-order valence-corrected chi connectivity index (χ1v) is 8.22. The van der Waals surface area contributed by atoms with Crippen LogP contribution in [0.1, 0.15) is 52.9 Å². The fraction of sp³-hybridized carbons (Fsp3) is 0.600. The van der Waals surface area contributed by atoms with E-state index in [4.69, 9.17) is 4.55 Å². The molecule has 19 heavy (non-hydrogen) atoms. The summed E-state index contributed by atoms with van der Waals surface area (Å²) in [5, 5.41) is 0. The van der Waals surface area contributed by atoms with E-state index < -0.39 is 10.1 Å². The largest absolute Gasteiger partial charge is 0.286 e. The highest BCUT2D eigenvalue weighted by Crippen LogP contribution is 2.13. The van der Waals surface area contributed by atoms with Crippen molar-refractivity contribution in [2.45, 2.75) is 52.9 Å². The van der Waals surface area contributed by atoms with Crippen LogP contribution in [0.3, 0.4) is 0 Å². The van der Waals surface area contributed by atoms with Gasteiger partial charge in [0, 0.05) is 0 Å². The predicted octanol–water partition coefficient (Wildman–Crippen LogP) is 4.29. The Morgan fingerprint density at radius 2 is 1.63 bits per heavy atom. The van der Waals surface area contributed by atoms with E-state index in [-0.39, 0.29) is 5.75 Å². The molecule has 110 valence electrons. The molecule has 0 saturated heterocycles. The third-order valence-corrected chi connectivity index (χ3v) is 3.52. The fourth-order valence-corrected chi connectivity index (χ4v) is 2.16. The quantitative estimate of drug-likeness (QED) is 0.508. The summed E-state index contributed by atoms with van der Waals surface area (Å²) in [5.74, 6) is -0.227. The van der Waals surface area contributed by atoms with Crippen molar-refractivity contribution in [2.24, 2.45) is 0 Å². The Labute approximate surface area is 117 Å². The Morgan fingerprint density at radius 3 is 2.16 bits per heavy atom. The Bertz CT molecular complexity index is 438. The van der Waals surface area contributed by atoms with Crippen LogP contribution in [0.4, 0.5) is 0 Å². The smallest absolute Gasteiger partial charge is 0.265 e. The third-order valence-electron chi connectivity index (χ3n) is 2.80. The van der Waals surface area contributed by atoms with Crippen molar-refractivity contribution in [3.05, 3.63) is 35.5 Å². The molecule has 0 spiro atoms. The molecule has 1 N–H and O–H groups in total. The van der Waals surface area contributed by atoms with Crippen molar-refractivity contribution in [2.75, 3.05) is 5.75 Å². The zero-order chi connectivity index (χ0) is 14.9. The summed E-state index contributed by atoms with van der Waals surface area (Å²) in [7, 11) is -3.86. The molecule has 0 aromatic rings. The standard InChI is InChI=1S/C15H26O3S/c1-13(2)7-5-8-14(3)9-6-10-15(4)11-12-19(16,17)18/h7,9H,4-6,8,10-12H2,1-3H3,(H,16,17,18)/b14-9+. The Hall–Kier alpha value is -0.870. The summed E-state index contributed by atoms with van der Waals surface area (Å²) in [4.78, 5) is 0. The summed E-state index contributed by atoms with van der Waals surface area (Å²) < 4.78 is 29.8. The van der Waals surface area contributed by atoms with E-state index in [1.165, 1.54) is 11.1 Å². The van der Waals surface area contributed by atoms with Crippen molar-refractivity contribution in [1.29, 1.82) is 0 Å². The molecule has 0 aliphatic rings. The van der Waals surface area contributed by atoms with Crippen molar-refractivity contribution < 1.29 is 13.0 Å². The number of allylic oxidation sites excluding steroid dienone is 5. The molecule has 0 fully saturated rings. The molecule has 0 aliphatic heterocycles. The van der Waals surface area contributed by atoms with Crippen LogP contribution in [0.2, 0.25) is 0 Å². The summed E-state index contributed by atoms with van der Waals surface area (Å²) in [6.07, 6.45) is 8.51. The first-order chi connectivity index (χ1) is 8.70. The minimum absolute atomic E-state index is 0.227. The highest BCUT2D eigenvalue weighted by molar-refractivity contribution is 7.85. The summed E-state index contributed by atoms with van der Waals surface area (Å²) in [6, 6.07) is 0. The zero-order valence-corrected chi connectivity index (χ0v) is 13.1. The van der Waals surface area contributed by atoms with E-state index in [0.29, 0.717) is 6.42 Å². The van der Waals surface area contributed by atoms with Gasteiger partial charge in [0.15, 0.2) is 0 Å². The number of rotatable bonds is 9. The highest BCUT2D eigenvalue weighted by atomic mass is 32.2. The van der Waals surface area contributed by atoms with E-state index in [9.17, 15) is 8.42 Å². The van der Waals surface area contributed by atoms with Crippen molar-refractivity contribution in [3.63, 3.8) is 0 Å². The average molecular weight is 286 g/mol. The summed E-state index contributed by atoms with van der Waals surface area (Å²) in [5.41, 5.74) is 3.55. The van der Waals surface area contributed by atoms with Crippen LogP contribution in [0, 0.1) is 0 Å². The molecule has 0 rings (SSSR count).